The molecule has 0 saturated carbocycles. The Hall–Kier alpha value is -0.680. The van der Waals surface area contributed by atoms with Crippen molar-refractivity contribution < 1.29 is 8.63 Å². The molecule has 0 saturated heterocycles. The molecule has 1 aromatic carbocycles. The third-order valence-corrected chi connectivity index (χ3v) is 3.15. The zero-order chi connectivity index (χ0) is 10.1. The largest absolute Gasteiger partial charge is 0.430 e. The molecule has 2 aromatic rings. The lowest BCUT2D eigenvalue weighted by Gasteiger charge is -1.91. The first-order valence-electron chi connectivity index (χ1n) is 3.99. The lowest BCUT2D eigenvalue weighted by Crippen LogP contribution is -1.84. The molecule has 0 aliphatic carbocycles. The first-order chi connectivity index (χ1) is 6.70. The van der Waals surface area contributed by atoms with Gasteiger partial charge in [0, 0.05) is 11.6 Å². The Morgan fingerprint density at radius 2 is 2.36 bits per heavy atom. The van der Waals surface area contributed by atoms with Gasteiger partial charge in [-0.05, 0) is 17.7 Å². The highest BCUT2D eigenvalue weighted by Crippen LogP contribution is 2.19. The van der Waals surface area contributed by atoms with Gasteiger partial charge in [0.1, 0.15) is 16.3 Å². The number of nitrogens with zero attached hydrogens (tertiary/aromatic N) is 1. The maximum atomic E-state index is 11.1. The van der Waals surface area contributed by atoms with E-state index < -0.39 is 10.8 Å². The lowest BCUT2D eigenvalue weighted by atomic mass is 10.2. The van der Waals surface area contributed by atoms with Crippen LogP contribution in [-0.2, 0) is 16.1 Å². The molecule has 14 heavy (non-hydrogen) atoms. The van der Waals surface area contributed by atoms with E-state index in [9.17, 15) is 4.21 Å². The van der Waals surface area contributed by atoms with Crippen LogP contribution >= 0.6 is 15.9 Å². The van der Waals surface area contributed by atoms with Gasteiger partial charge in [-0.2, -0.15) is 0 Å². The molecule has 0 bridgehead atoms. The van der Waals surface area contributed by atoms with E-state index in [1.807, 2.05) is 18.2 Å². The number of alkyl halides is 1. The molecule has 0 spiro atoms. The number of aromatic nitrogens is 1. The summed E-state index contributed by atoms with van der Waals surface area (Å²) in [6, 6.07) is 5.72. The molecule has 1 atom stereocenters. The van der Waals surface area contributed by atoms with Crippen LogP contribution < -0.4 is 0 Å². The molecule has 0 aliphatic rings. The van der Waals surface area contributed by atoms with Crippen LogP contribution in [0.5, 0.6) is 0 Å². The molecule has 74 valence electrons. The topological polar surface area (TPSA) is 43.1 Å². The smallest absolute Gasteiger partial charge is 0.287 e. The average Bonchev–Trinajstić information content (AvgIpc) is 2.59. The van der Waals surface area contributed by atoms with Crippen molar-refractivity contribution in [3.63, 3.8) is 0 Å². The number of fused-ring (bicyclic) bond motifs is 1. The minimum absolute atomic E-state index is 0.284. The van der Waals surface area contributed by atoms with Gasteiger partial charge in [0.2, 0.25) is 0 Å². The van der Waals surface area contributed by atoms with E-state index in [1.165, 1.54) is 0 Å². The van der Waals surface area contributed by atoms with Gasteiger partial charge < -0.3 is 4.42 Å². The highest BCUT2D eigenvalue weighted by molar-refractivity contribution is 9.08. The van der Waals surface area contributed by atoms with E-state index in [2.05, 4.69) is 20.9 Å². The van der Waals surface area contributed by atoms with Crippen molar-refractivity contribution in [1.82, 2.24) is 4.98 Å². The zero-order valence-electron chi connectivity index (χ0n) is 7.49. The summed E-state index contributed by atoms with van der Waals surface area (Å²) < 4.78 is 16.5. The van der Waals surface area contributed by atoms with Gasteiger partial charge in [-0.15, -0.1) is 0 Å². The summed E-state index contributed by atoms with van der Waals surface area (Å²) in [6.45, 7) is 0. The summed E-state index contributed by atoms with van der Waals surface area (Å²) >= 11 is 3.36. The van der Waals surface area contributed by atoms with Gasteiger partial charge in [-0.1, -0.05) is 22.0 Å². The highest BCUT2D eigenvalue weighted by Gasteiger charge is 2.08. The molecule has 0 N–H and O–H groups in total. The molecule has 2 rings (SSSR count). The molecule has 0 amide bonds. The Morgan fingerprint density at radius 1 is 1.57 bits per heavy atom. The second-order valence-corrected chi connectivity index (χ2v) is 4.69. The average molecular weight is 274 g/mol. The van der Waals surface area contributed by atoms with E-state index in [0.29, 0.717) is 5.58 Å². The number of oxazole rings is 1. The lowest BCUT2D eigenvalue weighted by molar-refractivity contribution is 0.479. The van der Waals surface area contributed by atoms with Crippen LogP contribution in [0.2, 0.25) is 0 Å². The number of hydrogen-bond donors (Lipinski definition) is 0. The summed E-state index contributed by atoms with van der Waals surface area (Å²) in [7, 11) is -1.16. The van der Waals surface area contributed by atoms with E-state index in [1.54, 1.807) is 6.26 Å². The number of rotatable bonds is 2. The SMILES string of the molecule is CS(=O)c1nc2ccc(CBr)cc2o1. The molecular weight excluding hydrogens is 266 g/mol. The molecular formula is C9H8BrNO2S. The summed E-state index contributed by atoms with van der Waals surface area (Å²) in [5, 5.41) is 1.06. The van der Waals surface area contributed by atoms with Crippen molar-refractivity contribution in [1.29, 1.82) is 0 Å². The van der Waals surface area contributed by atoms with Crippen molar-refractivity contribution in [3.05, 3.63) is 23.8 Å². The first-order valence-corrected chi connectivity index (χ1v) is 6.67. The van der Waals surface area contributed by atoms with Crippen LogP contribution in [0.3, 0.4) is 0 Å². The molecule has 0 aliphatic heterocycles. The predicted octanol–water partition coefficient (Wildman–Crippen LogP) is 2.46. The maximum absolute atomic E-state index is 11.1. The Morgan fingerprint density at radius 3 is 3.00 bits per heavy atom. The van der Waals surface area contributed by atoms with Gasteiger partial charge in [-0.3, -0.25) is 0 Å². The quantitative estimate of drug-likeness (QED) is 0.790. The van der Waals surface area contributed by atoms with Gasteiger partial charge in [-0.25, -0.2) is 9.19 Å². The Bertz CT molecular complexity index is 495. The van der Waals surface area contributed by atoms with Crippen molar-refractivity contribution in [2.45, 2.75) is 10.6 Å². The summed E-state index contributed by atoms with van der Waals surface area (Å²) in [5.41, 5.74) is 2.55. The fourth-order valence-electron chi connectivity index (χ4n) is 1.15. The summed E-state index contributed by atoms with van der Waals surface area (Å²) in [6.07, 6.45) is 1.55. The molecule has 1 aromatic heterocycles. The normalized spacial score (nSPS) is 13.3. The van der Waals surface area contributed by atoms with E-state index >= 15 is 0 Å². The number of hydrogen-bond acceptors (Lipinski definition) is 3. The predicted molar refractivity (Wildman–Crippen MR) is 59.0 cm³/mol. The number of benzene rings is 1. The summed E-state index contributed by atoms with van der Waals surface area (Å²) in [5.74, 6) is 0. The Balaban J connectivity index is 2.60. The van der Waals surface area contributed by atoms with E-state index in [0.717, 1.165) is 16.4 Å². The van der Waals surface area contributed by atoms with Crippen molar-refractivity contribution in [2.75, 3.05) is 6.26 Å². The van der Waals surface area contributed by atoms with Crippen molar-refractivity contribution >= 4 is 37.8 Å². The second-order valence-electron chi connectivity index (χ2n) is 2.87. The molecule has 1 unspecified atom stereocenters. The number of halogens is 1. The minimum atomic E-state index is -1.16. The van der Waals surface area contributed by atoms with Crippen LogP contribution in [0, 0.1) is 0 Å². The van der Waals surface area contributed by atoms with Gasteiger partial charge in [0.15, 0.2) is 5.58 Å². The van der Waals surface area contributed by atoms with Crippen molar-refractivity contribution in [2.24, 2.45) is 0 Å². The second kappa shape index (κ2) is 3.82. The monoisotopic (exact) mass is 273 g/mol. The fraction of sp³-hybridized carbons (Fsp3) is 0.222. The van der Waals surface area contributed by atoms with E-state index in [4.69, 9.17) is 4.42 Å². The maximum Gasteiger partial charge on any atom is 0.287 e. The van der Waals surface area contributed by atoms with Crippen LogP contribution in [-0.4, -0.2) is 15.4 Å². The van der Waals surface area contributed by atoms with Crippen LogP contribution in [0.15, 0.2) is 27.8 Å². The third kappa shape index (κ3) is 1.74. The Kier molecular flexibility index (Phi) is 2.69. The van der Waals surface area contributed by atoms with Gasteiger partial charge in [0.05, 0.1) is 0 Å². The summed E-state index contributed by atoms with van der Waals surface area (Å²) in [4.78, 5) is 4.11. The molecule has 1 heterocycles. The Labute approximate surface area is 92.1 Å². The van der Waals surface area contributed by atoms with Crippen LogP contribution in [0.1, 0.15) is 5.56 Å². The minimum Gasteiger partial charge on any atom is -0.430 e. The van der Waals surface area contributed by atoms with Gasteiger partial charge >= 0.3 is 0 Å². The molecule has 0 fully saturated rings. The molecule has 5 heteroatoms. The van der Waals surface area contributed by atoms with Crippen molar-refractivity contribution in [3.8, 4) is 0 Å². The standard InChI is InChI=1S/C9H8BrNO2S/c1-14(12)9-11-7-3-2-6(5-10)4-8(7)13-9/h2-4H,5H2,1H3. The van der Waals surface area contributed by atoms with Crippen LogP contribution in [0.4, 0.5) is 0 Å². The third-order valence-electron chi connectivity index (χ3n) is 1.83. The van der Waals surface area contributed by atoms with E-state index in [-0.39, 0.29) is 5.22 Å². The van der Waals surface area contributed by atoms with Gasteiger partial charge in [0.25, 0.3) is 5.22 Å². The molecule has 3 nitrogen and oxygen atoms in total. The first kappa shape index (κ1) is 9.86. The zero-order valence-corrected chi connectivity index (χ0v) is 9.89. The fourth-order valence-corrected chi connectivity index (χ4v) is 1.94. The molecule has 0 radical (unpaired) electrons. The highest BCUT2D eigenvalue weighted by atomic mass is 79.9. The van der Waals surface area contributed by atoms with Crippen LogP contribution in [0.25, 0.3) is 11.1 Å².